The fourth-order valence-corrected chi connectivity index (χ4v) is 4.65. The minimum atomic E-state index is -0.0551. The van der Waals surface area contributed by atoms with Crippen LogP contribution in [-0.4, -0.2) is 69.5 Å². The predicted octanol–water partition coefficient (Wildman–Crippen LogP) is 5.56. The molecule has 7 nitrogen and oxygen atoms in total. The molecule has 0 aliphatic carbocycles. The SMILES string of the molecule is C.CCOc1ccc(-c2ccc3ncnc(-c4cccc(C(=O)N5CCN(C)C(C)(C)C5)c4)c3c2)cn1. The zero-order chi connectivity index (χ0) is 25.3. The second-order valence-corrected chi connectivity index (χ2v) is 9.81. The van der Waals surface area contributed by atoms with Crippen LogP contribution < -0.4 is 4.74 Å². The molecule has 0 N–H and O–H groups in total. The Hall–Kier alpha value is -3.84. The van der Waals surface area contributed by atoms with E-state index in [9.17, 15) is 4.79 Å². The first-order valence-corrected chi connectivity index (χ1v) is 12.3. The number of fused-ring (bicyclic) bond motifs is 1. The van der Waals surface area contributed by atoms with E-state index in [1.165, 1.54) is 0 Å². The molecule has 7 heteroatoms. The molecule has 0 radical (unpaired) electrons. The molecule has 5 rings (SSSR count). The topological polar surface area (TPSA) is 71.5 Å². The normalized spacial score (nSPS) is 15.3. The van der Waals surface area contributed by atoms with E-state index >= 15 is 0 Å². The minimum Gasteiger partial charge on any atom is -0.478 e. The monoisotopic (exact) mass is 497 g/mol. The summed E-state index contributed by atoms with van der Waals surface area (Å²) in [6.45, 7) is 9.15. The van der Waals surface area contributed by atoms with Gasteiger partial charge < -0.3 is 9.64 Å². The van der Waals surface area contributed by atoms with Crippen LogP contribution in [0.15, 0.2) is 67.1 Å². The number of ether oxygens (including phenoxy) is 1. The molecule has 1 aliphatic heterocycles. The number of benzene rings is 2. The van der Waals surface area contributed by atoms with Gasteiger partial charge in [0.15, 0.2) is 0 Å². The fourth-order valence-electron chi connectivity index (χ4n) is 4.65. The van der Waals surface area contributed by atoms with E-state index in [1.807, 2.05) is 66.6 Å². The van der Waals surface area contributed by atoms with Gasteiger partial charge in [-0.3, -0.25) is 9.69 Å². The van der Waals surface area contributed by atoms with Gasteiger partial charge in [-0.2, -0.15) is 0 Å². The Balaban J connectivity index is 0.00000320. The van der Waals surface area contributed by atoms with Crippen LogP contribution in [-0.2, 0) is 0 Å². The highest BCUT2D eigenvalue weighted by atomic mass is 16.5. The van der Waals surface area contributed by atoms with E-state index in [4.69, 9.17) is 4.74 Å². The molecule has 4 aromatic rings. The molecule has 3 heterocycles. The summed E-state index contributed by atoms with van der Waals surface area (Å²) in [6.07, 6.45) is 3.39. The van der Waals surface area contributed by atoms with E-state index in [1.54, 1.807) is 6.33 Å². The van der Waals surface area contributed by atoms with Gasteiger partial charge in [0.2, 0.25) is 5.88 Å². The smallest absolute Gasteiger partial charge is 0.253 e. The molecule has 1 saturated heterocycles. The molecule has 0 atom stereocenters. The van der Waals surface area contributed by atoms with Crippen LogP contribution in [0.4, 0.5) is 0 Å². The Morgan fingerprint density at radius 1 is 0.973 bits per heavy atom. The van der Waals surface area contributed by atoms with Crippen LogP contribution in [0.25, 0.3) is 33.3 Å². The van der Waals surface area contributed by atoms with Gasteiger partial charge in [-0.15, -0.1) is 0 Å². The van der Waals surface area contributed by atoms with Crippen molar-refractivity contribution < 1.29 is 9.53 Å². The van der Waals surface area contributed by atoms with Crippen LogP contribution in [0.2, 0.25) is 0 Å². The molecule has 1 fully saturated rings. The number of rotatable bonds is 5. The lowest BCUT2D eigenvalue weighted by Gasteiger charge is -2.45. The predicted molar refractivity (Wildman–Crippen MR) is 149 cm³/mol. The largest absolute Gasteiger partial charge is 0.478 e. The van der Waals surface area contributed by atoms with Gasteiger partial charge in [0.1, 0.15) is 6.33 Å². The number of aromatic nitrogens is 3. The highest BCUT2D eigenvalue weighted by Crippen LogP contribution is 2.31. The molecule has 2 aromatic carbocycles. The van der Waals surface area contributed by atoms with Gasteiger partial charge in [-0.05, 0) is 63.7 Å². The number of hydrogen-bond acceptors (Lipinski definition) is 6. The van der Waals surface area contributed by atoms with Gasteiger partial charge in [-0.1, -0.05) is 25.6 Å². The van der Waals surface area contributed by atoms with Gasteiger partial charge in [-0.25, -0.2) is 15.0 Å². The van der Waals surface area contributed by atoms with Gasteiger partial charge in [0, 0.05) is 59.5 Å². The summed E-state index contributed by atoms with van der Waals surface area (Å²) >= 11 is 0. The maximum Gasteiger partial charge on any atom is 0.253 e. The number of nitrogens with zero attached hydrogens (tertiary/aromatic N) is 5. The lowest BCUT2D eigenvalue weighted by molar-refractivity contribution is 0.0311. The van der Waals surface area contributed by atoms with Crippen molar-refractivity contribution in [3.63, 3.8) is 0 Å². The third-order valence-electron chi connectivity index (χ3n) is 6.98. The molecular weight excluding hydrogens is 462 g/mol. The van der Waals surface area contributed by atoms with Crippen molar-refractivity contribution in [3.05, 3.63) is 72.7 Å². The van der Waals surface area contributed by atoms with Crippen molar-refractivity contribution in [1.29, 1.82) is 0 Å². The molecule has 1 amide bonds. The van der Waals surface area contributed by atoms with E-state index in [0.717, 1.165) is 46.4 Å². The van der Waals surface area contributed by atoms with Gasteiger partial charge >= 0.3 is 0 Å². The summed E-state index contributed by atoms with van der Waals surface area (Å²) < 4.78 is 5.47. The molecular formula is C30H35N5O2. The molecule has 37 heavy (non-hydrogen) atoms. The van der Waals surface area contributed by atoms with E-state index in [-0.39, 0.29) is 18.9 Å². The Morgan fingerprint density at radius 2 is 1.78 bits per heavy atom. The Labute approximate surface area is 219 Å². The van der Waals surface area contributed by atoms with Crippen molar-refractivity contribution in [2.75, 3.05) is 33.3 Å². The summed E-state index contributed by atoms with van der Waals surface area (Å²) in [5, 5.41) is 0.925. The molecule has 0 saturated carbocycles. The lowest BCUT2D eigenvalue weighted by atomic mass is 9.98. The average molecular weight is 498 g/mol. The third-order valence-corrected chi connectivity index (χ3v) is 6.98. The number of carbonyl (C=O) groups is 1. The van der Waals surface area contributed by atoms with Crippen LogP contribution in [0, 0.1) is 0 Å². The molecule has 0 spiro atoms. The third kappa shape index (κ3) is 5.32. The minimum absolute atomic E-state index is 0. The number of piperazine rings is 1. The standard InChI is InChI=1S/C29H31N5O2.CH4/c1-5-36-26-12-10-23(17-30-26)20-9-11-25-24(16-20)27(32-19-31-25)21-7-6-8-22(15-21)28(35)34-14-13-33(4)29(2,3)18-34;/h6-12,15-17,19H,5,13-14,18H2,1-4H3;1H4. The number of hydrogen-bond donors (Lipinski definition) is 0. The van der Waals surface area contributed by atoms with Crippen LogP contribution in [0.5, 0.6) is 5.88 Å². The fraction of sp³-hybridized carbons (Fsp3) is 0.333. The second-order valence-electron chi connectivity index (χ2n) is 9.81. The van der Waals surface area contributed by atoms with Crippen LogP contribution >= 0.6 is 0 Å². The Kier molecular flexibility index (Phi) is 7.55. The average Bonchev–Trinajstić information content (AvgIpc) is 2.90. The van der Waals surface area contributed by atoms with Gasteiger partial charge in [0.05, 0.1) is 17.8 Å². The summed E-state index contributed by atoms with van der Waals surface area (Å²) in [6, 6.07) is 17.7. The quantitative estimate of drug-likeness (QED) is 0.360. The zero-order valence-electron chi connectivity index (χ0n) is 21.2. The molecule has 2 aromatic heterocycles. The van der Waals surface area contributed by atoms with Crippen molar-refractivity contribution >= 4 is 16.8 Å². The summed E-state index contributed by atoms with van der Waals surface area (Å²) in [4.78, 5) is 31.2. The van der Waals surface area contributed by atoms with Crippen LogP contribution in [0.1, 0.15) is 38.6 Å². The molecule has 1 aliphatic rings. The van der Waals surface area contributed by atoms with E-state index in [0.29, 0.717) is 24.6 Å². The second kappa shape index (κ2) is 10.6. The molecule has 0 bridgehead atoms. The van der Waals surface area contributed by atoms with E-state index in [2.05, 4.69) is 46.8 Å². The zero-order valence-corrected chi connectivity index (χ0v) is 21.2. The first kappa shape index (κ1) is 26.2. The lowest BCUT2D eigenvalue weighted by Crippen LogP contribution is -2.58. The maximum atomic E-state index is 13.4. The molecule has 192 valence electrons. The van der Waals surface area contributed by atoms with Crippen molar-refractivity contribution in [1.82, 2.24) is 24.8 Å². The van der Waals surface area contributed by atoms with Crippen molar-refractivity contribution in [2.24, 2.45) is 0 Å². The number of likely N-dealkylation sites (N-methyl/N-ethyl adjacent to an activating group) is 1. The first-order chi connectivity index (χ1) is 17.4. The van der Waals surface area contributed by atoms with Crippen molar-refractivity contribution in [3.8, 4) is 28.3 Å². The summed E-state index contributed by atoms with van der Waals surface area (Å²) in [5.74, 6) is 0.661. The van der Waals surface area contributed by atoms with Gasteiger partial charge in [0.25, 0.3) is 5.91 Å². The highest BCUT2D eigenvalue weighted by molar-refractivity contribution is 5.98. The Morgan fingerprint density at radius 3 is 2.51 bits per heavy atom. The maximum absolute atomic E-state index is 13.4. The van der Waals surface area contributed by atoms with E-state index < -0.39 is 0 Å². The highest BCUT2D eigenvalue weighted by Gasteiger charge is 2.33. The first-order valence-electron chi connectivity index (χ1n) is 12.3. The molecule has 0 unspecified atom stereocenters. The number of amides is 1. The number of carbonyl (C=O) groups excluding carboxylic acids is 1. The Bertz CT molecular complexity index is 1400. The summed E-state index contributed by atoms with van der Waals surface area (Å²) in [5.41, 5.74) is 5.16. The summed E-state index contributed by atoms with van der Waals surface area (Å²) in [7, 11) is 2.11. The number of pyridine rings is 1. The van der Waals surface area contributed by atoms with Crippen molar-refractivity contribution in [2.45, 2.75) is 33.7 Å². The van der Waals surface area contributed by atoms with Crippen LogP contribution in [0.3, 0.4) is 0 Å².